The largest absolute Gasteiger partial charge is 0.243 e. The van der Waals surface area contributed by atoms with Gasteiger partial charge in [-0.05, 0) is 31.5 Å². The van der Waals surface area contributed by atoms with Crippen LogP contribution in [0.4, 0.5) is 0 Å². The molecule has 0 fully saturated rings. The van der Waals surface area contributed by atoms with Crippen LogP contribution in [0, 0.1) is 13.8 Å². The standard InChI is InChI=1S/C17H17N2/c1-12-8-9-14(13(2)10-12)17-11-18-15-6-4-5-7-16(15)19(17)3/h4-11H,1-3H3/q+1. The molecule has 0 saturated heterocycles. The Morgan fingerprint density at radius 2 is 1.79 bits per heavy atom. The van der Waals surface area contributed by atoms with E-state index in [9.17, 15) is 0 Å². The third-order valence-electron chi connectivity index (χ3n) is 3.59. The van der Waals surface area contributed by atoms with E-state index in [0.717, 1.165) is 16.7 Å². The van der Waals surface area contributed by atoms with Gasteiger partial charge >= 0.3 is 0 Å². The first-order valence-corrected chi connectivity index (χ1v) is 6.48. The van der Waals surface area contributed by atoms with Crippen molar-refractivity contribution < 1.29 is 4.57 Å². The van der Waals surface area contributed by atoms with Gasteiger partial charge in [0.15, 0.2) is 0 Å². The van der Waals surface area contributed by atoms with E-state index in [4.69, 9.17) is 0 Å². The molecule has 0 bridgehead atoms. The highest BCUT2D eigenvalue weighted by atomic mass is 15.0. The number of fused-ring (bicyclic) bond motifs is 1. The third-order valence-corrected chi connectivity index (χ3v) is 3.59. The molecule has 19 heavy (non-hydrogen) atoms. The second kappa shape index (κ2) is 4.47. The number of rotatable bonds is 1. The van der Waals surface area contributed by atoms with Crippen molar-refractivity contribution in [3.8, 4) is 11.3 Å². The Bertz CT molecular complexity index is 760. The van der Waals surface area contributed by atoms with Crippen LogP contribution in [0.3, 0.4) is 0 Å². The van der Waals surface area contributed by atoms with Crippen LogP contribution in [0.5, 0.6) is 0 Å². The molecule has 0 aliphatic heterocycles. The molecule has 0 amide bonds. The molecular formula is C17H17N2+. The van der Waals surface area contributed by atoms with E-state index < -0.39 is 0 Å². The van der Waals surface area contributed by atoms with Crippen LogP contribution in [0.15, 0.2) is 48.7 Å². The molecule has 1 heterocycles. The topological polar surface area (TPSA) is 16.8 Å². The second-order valence-electron chi connectivity index (χ2n) is 5.01. The molecule has 2 nitrogen and oxygen atoms in total. The summed E-state index contributed by atoms with van der Waals surface area (Å²) in [4.78, 5) is 4.56. The zero-order chi connectivity index (χ0) is 13.4. The summed E-state index contributed by atoms with van der Waals surface area (Å²) in [6.45, 7) is 4.27. The zero-order valence-electron chi connectivity index (χ0n) is 11.5. The van der Waals surface area contributed by atoms with Gasteiger partial charge in [0.05, 0.1) is 5.56 Å². The highest BCUT2D eigenvalue weighted by Crippen LogP contribution is 2.22. The predicted octanol–water partition coefficient (Wildman–Crippen LogP) is 3.34. The third kappa shape index (κ3) is 1.99. The van der Waals surface area contributed by atoms with Crippen molar-refractivity contribution in [2.24, 2.45) is 7.05 Å². The lowest BCUT2D eigenvalue weighted by Crippen LogP contribution is -2.32. The average molecular weight is 249 g/mol. The molecule has 94 valence electrons. The normalized spacial score (nSPS) is 10.9. The van der Waals surface area contributed by atoms with E-state index in [-0.39, 0.29) is 0 Å². The van der Waals surface area contributed by atoms with Crippen LogP contribution in [-0.4, -0.2) is 4.98 Å². The summed E-state index contributed by atoms with van der Waals surface area (Å²) in [6, 6.07) is 14.8. The number of para-hydroxylation sites is 2. The van der Waals surface area contributed by atoms with Gasteiger partial charge in [-0.25, -0.2) is 4.98 Å². The van der Waals surface area contributed by atoms with Crippen LogP contribution >= 0.6 is 0 Å². The number of nitrogens with zero attached hydrogens (tertiary/aromatic N) is 2. The summed E-state index contributed by atoms with van der Waals surface area (Å²) in [5.41, 5.74) is 7.14. The summed E-state index contributed by atoms with van der Waals surface area (Å²) in [5.74, 6) is 0. The van der Waals surface area contributed by atoms with Gasteiger partial charge in [0.1, 0.15) is 18.8 Å². The van der Waals surface area contributed by atoms with Gasteiger partial charge in [0.25, 0.3) is 0 Å². The minimum Gasteiger partial charge on any atom is -0.243 e. The minimum atomic E-state index is 1.03. The monoisotopic (exact) mass is 249 g/mol. The van der Waals surface area contributed by atoms with Gasteiger partial charge in [-0.2, -0.15) is 4.57 Å². The van der Waals surface area contributed by atoms with Gasteiger partial charge in [0.2, 0.25) is 11.2 Å². The first kappa shape index (κ1) is 11.8. The fraction of sp³-hybridized carbons (Fsp3) is 0.176. The van der Waals surface area contributed by atoms with Gasteiger partial charge in [-0.3, -0.25) is 0 Å². The van der Waals surface area contributed by atoms with Crippen LogP contribution in [0.25, 0.3) is 22.3 Å². The van der Waals surface area contributed by atoms with E-state index in [1.165, 1.54) is 16.7 Å². The molecule has 0 atom stereocenters. The molecule has 2 aromatic carbocycles. The van der Waals surface area contributed by atoms with Gasteiger partial charge < -0.3 is 0 Å². The van der Waals surface area contributed by atoms with E-state index in [2.05, 4.69) is 60.8 Å². The Morgan fingerprint density at radius 1 is 1.00 bits per heavy atom. The molecule has 0 aliphatic rings. The number of aromatic nitrogens is 2. The Hall–Kier alpha value is -2.22. The van der Waals surface area contributed by atoms with Crippen molar-refractivity contribution in [2.45, 2.75) is 13.8 Å². The lowest BCUT2D eigenvalue weighted by Gasteiger charge is -2.06. The molecule has 3 rings (SSSR count). The minimum absolute atomic E-state index is 1.03. The van der Waals surface area contributed by atoms with Crippen LogP contribution in [-0.2, 0) is 7.05 Å². The van der Waals surface area contributed by atoms with Crippen LogP contribution in [0.1, 0.15) is 11.1 Å². The smallest absolute Gasteiger partial charge is 0.231 e. The quantitative estimate of drug-likeness (QED) is 0.604. The van der Waals surface area contributed by atoms with E-state index in [1.54, 1.807) is 0 Å². The molecule has 0 spiro atoms. The maximum atomic E-state index is 4.56. The van der Waals surface area contributed by atoms with Crippen LogP contribution in [0.2, 0.25) is 0 Å². The zero-order valence-corrected chi connectivity index (χ0v) is 11.5. The van der Waals surface area contributed by atoms with Gasteiger partial charge in [-0.15, -0.1) is 0 Å². The Balaban J connectivity index is 2.28. The van der Waals surface area contributed by atoms with Crippen molar-refractivity contribution in [2.75, 3.05) is 0 Å². The highest BCUT2D eigenvalue weighted by molar-refractivity contribution is 5.73. The lowest BCUT2D eigenvalue weighted by molar-refractivity contribution is -0.633. The number of hydrogen-bond acceptors (Lipinski definition) is 1. The molecule has 1 aromatic heterocycles. The SMILES string of the molecule is Cc1ccc(-c2cnc3ccccc3[n+]2C)c(C)c1. The molecule has 0 N–H and O–H groups in total. The van der Waals surface area contributed by atoms with E-state index in [0.29, 0.717) is 0 Å². The Labute approximate surface area is 113 Å². The summed E-state index contributed by atoms with van der Waals surface area (Å²) >= 11 is 0. The molecule has 0 aliphatic carbocycles. The van der Waals surface area contributed by atoms with Crippen molar-refractivity contribution in [3.63, 3.8) is 0 Å². The lowest BCUT2D eigenvalue weighted by atomic mass is 10.0. The molecule has 0 radical (unpaired) electrons. The predicted molar refractivity (Wildman–Crippen MR) is 77.8 cm³/mol. The summed E-state index contributed by atoms with van der Waals surface area (Å²) in [6.07, 6.45) is 1.96. The van der Waals surface area contributed by atoms with Gasteiger partial charge in [-0.1, -0.05) is 29.8 Å². The number of aryl methyl sites for hydroxylation is 3. The first-order chi connectivity index (χ1) is 9.16. The molecule has 0 unspecified atom stereocenters. The number of benzene rings is 2. The fourth-order valence-corrected chi connectivity index (χ4v) is 2.56. The van der Waals surface area contributed by atoms with Crippen molar-refractivity contribution in [1.29, 1.82) is 0 Å². The van der Waals surface area contributed by atoms with Crippen molar-refractivity contribution in [3.05, 3.63) is 59.8 Å². The summed E-state index contributed by atoms with van der Waals surface area (Å²) in [7, 11) is 2.10. The van der Waals surface area contributed by atoms with Gasteiger partial charge in [0, 0.05) is 6.07 Å². The summed E-state index contributed by atoms with van der Waals surface area (Å²) in [5, 5.41) is 0. The Kier molecular flexibility index (Phi) is 2.79. The average Bonchev–Trinajstić information content (AvgIpc) is 2.41. The summed E-state index contributed by atoms with van der Waals surface area (Å²) < 4.78 is 2.21. The van der Waals surface area contributed by atoms with E-state index >= 15 is 0 Å². The maximum Gasteiger partial charge on any atom is 0.231 e. The molecular weight excluding hydrogens is 232 g/mol. The highest BCUT2D eigenvalue weighted by Gasteiger charge is 2.16. The maximum absolute atomic E-state index is 4.56. The van der Waals surface area contributed by atoms with Crippen molar-refractivity contribution in [1.82, 2.24) is 4.98 Å². The van der Waals surface area contributed by atoms with Crippen molar-refractivity contribution >= 4 is 11.0 Å². The second-order valence-corrected chi connectivity index (χ2v) is 5.01. The van der Waals surface area contributed by atoms with E-state index in [1.807, 2.05) is 18.3 Å². The van der Waals surface area contributed by atoms with Crippen LogP contribution < -0.4 is 4.57 Å². The first-order valence-electron chi connectivity index (χ1n) is 6.48. The Morgan fingerprint density at radius 3 is 2.58 bits per heavy atom. The molecule has 3 aromatic rings. The molecule has 2 heteroatoms. The fourth-order valence-electron chi connectivity index (χ4n) is 2.56. The molecule has 0 saturated carbocycles. The number of hydrogen-bond donors (Lipinski definition) is 0.